The van der Waals surface area contributed by atoms with Crippen molar-refractivity contribution in [3.8, 4) is 5.75 Å². The number of hydrogen-bond donors (Lipinski definition) is 1. The van der Waals surface area contributed by atoms with Crippen LogP contribution in [0.25, 0.3) is 0 Å². The standard InChI is InChI=1S/C22H38O/c1-8-9-10-11-12-13-14-18-19(22(5,6)7)15-17(16-20(18)23)21(2,3)4/h15-16,23H,8-14H2,1-7H3. The molecule has 0 bridgehead atoms. The van der Waals surface area contributed by atoms with Crippen LogP contribution in [-0.2, 0) is 17.3 Å². The molecule has 0 saturated carbocycles. The van der Waals surface area contributed by atoms with Gasteiger partial charge in [0.1, 0.15) is 5.75 Å². The lowest BCUT2D eigenvalue weighted by Crippen LogP contribution is -2.18. The van der Waals surface area contributed by atoms with Crippen molar-refractivity contribution in [3.05, 3.63) is 28.8 Å². The molecule has 0 unspecified atom stereocenters. The topological polar surface area (TPSA) is 20.2 Å². The van der Waals surface area contributed by atoms with Crippen molar-refractivity contribution in [3.63, 3.8) is 0 Å². The van der Waals surface area contributed by atoms with Gasteiger partial charge in [-0.05, 0) is 46.4 Å². The van der Waals surface area contributed by atoms with Crippen LogP contribution in [0.1, 0.15) is 104 Å². The lowest BCUT2D eigenvalue weighted by atomic mass is 9.77. The Morgan fingerprint density at radius 1 is 0.783 bits per heavy atom. The van der Waals surface area contributed by atoms with Gasteiger partial charge in [0.25, 0.3) is 0 Å². The first-order valence-corrected chi connectivity index (χ1v) is 9.44. The number of phenolic OH excluding ortho intramolecular Hbond substituents is 1. The molecule has 1 rings (SSSR count). The first kappa shape index (κ1) is 20.1. The molecule has 1 nitrogen and oxygen atoms in total. The van der Waals surface area contributed by atoms with Crippen LogP contribution in [0, 0.1) is 0 Å². The van der Waals surface area contributed by atoms with E-state index in [1.54, 1.807) is 0 Å². The highest BCUT2D eigenvalue weighted by Gasteiger charge is 2.24. The van der Waals surface area contributed by atoms with Crippen LogP contribution in [-0.4, -0.2) is 5.11 Å². The number of benzene rings is 1. The summed E-state index contributed by atoms with van der Waals surface area (Å²) in [4.78, 5) is 0. The fourth-order valence-electron chi connectivity index (χ4n) is 3.10. The average molecular weight is 319 g/mol. The van der Waals surface area contributed by atoms with E-state index in [9.17, 15) is 5.11 Å². The van der Waals surface area contributed by atoms with E-state index in [1.807, 2.05) is 6.07 Å². The van der Waals surface area contributed by atoms with Gasteiger partial charge in [0.15, 0.2) is 0 Å². The summed E-state index contributed by atoms with van der Waals surface area (Å²) in [5, 5.41) is 10.6. The summed E-state index contributed by atoms with van der Waals surface area (Å²) in [6.45, 7) is 15.6. The Balaban J connectivity index is 2.93. The first-order valence-electron chi connectivity index (χ1n) is 9.44. The minimum absolute atomic E-state index is 0.0656. The molecule has 0 fully saturated rings. The van der Waals surface area contributed by atoms with Crippen LogP contribution in [0.5, 0.6) is 5.75 Å². The average Bonchev–Trinajstić information content (AvgIpc) is 2.41. The largest absolute Gasteiger partial charge is 0.508 e. The zero-order valence-electron chi connectivity index (χ0n) is 16.6. The Kier molecular flexibility index (Phi) is 7.17. The van der Waals surface area contributed by atoms with Crippen molar-refractivity contribution >= 4 is 0 Å². The van der Waals surface area contributed by atoms with Crippen molar-refractivity contribution in [2.45, 2.75) is 104 Å². The van der Waals surface area contributed by atoms with Crippen LogP contribution in [0.2, 0.25) is 0 Å². The molecule has 0 aliphatic carbocycles. The van der Waals surface area contributed by atoms with Crippen molar-refractivity contribution in [2.75, 3.05) is 0 Å². The van der Waals surface area contributed by atoms with E-state index in [2.05, 4.69) is 54.5 Å². The maximum Gasteiger partial charge on any atom is 0.119 e. The third-order valence-corrected chi connectivity index (χ3v) is 4.68. The lowest BCUT2D eigenvalue weighted by Gasteiger charge is -2.28. The van der Waals surface area contributed by atoms with E-state index < -0.39 is 0 Å². The molecule has 0 atom stereocenters. The second-order valence-electron chi connectivity index (χ2n) is 9.04. The van der Waals surface area contributed by atoms with Gasteiger partial charge in [0.2, 0.25) is 0 Å². The fraction of sp³-hybridized carbons (Fsp3) is 0.727. The normalized spacial score (nSPS) is 12.7. The summed E-state index contributed by atoms with van der Waals surface area (Å²) in [7, 11) is 0. The fourth-order valence-corrected chi connectivity index (χ4v) is 3.10. The van der Waals surface area contributed by atoms with Crippen LogP contribution in [0.4, 0.5) is 0 Å². The van der Waals surface area contributed by atoms with Crippen molar-refractivity contribution < 1.29 is 5.11 Å². The van der Waals surface area contributed by atoms with Gasteiger partial charge in [-0.3, -0.25) is 0 Å². The molecular weight excluding hydrogens is 280 g/mol. The first-order chi connectivity index (χ1) is 10.6. The third kappa shape index (κ3) is 6.20. The highest BCUT2D eigenvalue weighted by Crippen LogP contribution is 2.37. The van der Waals surface area contributed by atoms with Gasteiger partial charge in [-0.2, -0.15) is 0 Å². The summed E-state index contributed by atoms with van der Waals surface area (Å²) in [6.07, 6.45) is 8.74. The van der Waals surface area contributed by atoms with Gasteiger partial charge in [0.05, 0.1) is 0 Å². The van der Waals surface area contributed by atoms with Crippen molar-refractivity contribution in [2.24, 2.45) is 0 Å². The minimum atomic E-state index is 0.0656. The number of rotatable bonds is 7. The van der Waals surface area contributed by atoms with E-state index in [0.29, 0.717) is 5.75 Å². The van der Waals surface area contributed by atoms with Gasteiger partial charge in [-0.25, -0.2) is 0 Å². The zero-order valence-corrected chi connectivity index (χ0v) is 16.6. The van der Waals surface area contributed by atoms with Crippen LogP contribution in [0.15, 0.2) is 12.1 Å². The molecule has 1 N–H and O–H groups in total. The Bertz CT molecular complexity index is 486. The molecule has 0 amide bonds. The summed E-state index contributed by atoms with van der Waals surface area (Å²) in [5.74, 6) is 0.496. The van der Waals surface area contributed by atoms with Gasteiger partial charge in [0, 0.05) is 0 Å². The molecule has 0 radical (unpaired) electrons. The molecule has 1 aromatic carbocycles. The molecule has 0 saturated heterocycles. The SMILES string of the molecule is CCCCCCCCc1c(O)cc(C(C)(C)C)cc1C(C)(C)C. The number of phenols is 1. The van der Waals surface area contributed by atoms with Crippen LogP contribution in [0.3, 0.4) is 0 Å². The maximum atomic E-state index is 10.6. The quantitative estimate of drug-likeness (QED) is 0.543. The molecule has 0 aliphatic rings. The Morgan fingerprint density at radius 2 is 1.35 bits per heavy atom. The van der Waals surface area contributed by atoms with E-state index in [1.165, 1.54) is 55.2 Å². The van der Waals surface area contributed by atoms with Crippen molar-refractivity contribution in [1.29, 1.82) is 0 Å². The monoisotopic (exact) mass is 318 g/mol. The predicted molar refractivity (Wildman–Crippen MR) is 103 cm³/mol. The second-order valence-corrected chi connectivity index (χ2v) is 9.04. The van der Waals surface area contributed by atoms with E-state index in [-0.39, 0.29) is 10.8 Å². The Labute approximate surface area is 144 Å². The number of hydrogen-bond acceptors (Lipinski definition) is 1. The molecular formula is C22H38O. The molecule has 0 aromatic heterocycles. The zero-order chi connectivity index (χ0) is 17.7. The Morgan fingerprint density at radius 3 is 1.87 bits per heavy atom. The predicted octanol–water partition coefficient (Wildman–Crippen LogP) is 6.89. The molecule has 1 aromatic rings. The molecule has 0 heterocycles. The summed E-state index contributed by atoms with van der Waals surface area (Å²) >= 11 is 0. The van der Waals surface area contributed by atoms with Gasteiger partial charge in [-0.15, -0.1) is 0 Å². The second kappa shape index (κ2) is 8.22. The van der Waals surface area contributed by atoms with Crippen LogP contribution < -0.4 is 0 Å². The molecule has 0 spiro atoms. The molecule has 23 heavy (non-hydrogen) atoms. The third-order valence-electron chi connectivity index (χ3n) is 4.68. The molecule has 132 valence electrons. The van der Waals surface area contributed by atoms with E-state index >= 15 is 0 Å². The minimum Gasteiger partial charge on any atom is -0.508 e. The maximum absolute atomic E-state index is 10.6. The highest BCUT2D eigenvalue weighted by molar-refractivity contribution is 5.48. The van der Waals surface area contributed by atoms with Gasteiger partial charge < -0.3 is 5.11 Å². The van der Waals surface area contributed by atoms with Crippen LogP contribution >= 0.6 is 0 Å². The van der Waals surface area contributed by atoms with Gasteiger partial charge >= 0.3 is 0 Å². The summed E-state index contributed by atoms with van der Waals surface area (Å²) < 4.78 is 0. The highest BCUT2D eigenvalue weighted by atomic mass is 16.3. The molecule has 0 aliphatic heterocycles. The molecule has 1 heteroatoms. The van der Waals surface area contributed by atoms with Gasteiger partial charge in [-0.1, -0.05) is 86.6 Å². The number of unbranched alkanes of at least 4 members (excludes halogenated alkanes) is 5. The summed E-state index contributed by atoms with van der Waals surface area (Å²) in [6, 6.07) is 4.31. The van der Waals surface area contributed by atoms with E-state index in [0.717, 1.165) is 6.42 Å². The number of aromatic hydroxyl groups is 1. The summed E-state index contributed by atoms with van der Waals surface area (Å²) in [5.41, 5.74) is 3.84. The Hall–Kier alpha value is -0.980. The van der Waals surface area contributed by atoms with E-state index in [4.69, 9.17) is 0 Å². The smallest absolute Gasteiger partial charge is 0.119 e. The lowest BCUT2D eigenvalue weighted by molar-refractivity contribution is 0.454. The van der Waals surface area contributed by atoms with Crippen molar-refractivity contribution in [1.82, 2.24) is 0 Å².